The fourth-order valence-corrected chi connectivity index (χ4v) is 1.91. The molecular formula is C12H10BrClN2O. The van der Waals surface area contributed by atoms with Crippen LogP contribution in [0.4, 0.5) is 5.69 Å². The number of benzene rings is 1. The van der Waals surface area contributed by atoms with Gasteiger partial charge in [0.05, 0.1) is 16.4 Å². The minimum atomic E-state index is 0.435. The molecule has 17 heavy (non-hydrogen) atoms. The van der Waals surface area contributed by atoms with Crippen LogP contribution in [0.5, 0.6) is 5.75 Å². The van der Waals surface area contributed by atoms with Crippen LogP contribution in [-0.4, -0.2) is 4.98 Å². The first-order chi connectivity index (χ1) is 8.16. The van der Waals surface area contributed by atoms with Crippen LogP contribution in [0.15, 0.2) is 41.1 Å². The molecule has 0 atom stereocenters. The number of nitrogens with two attached hydrogens (primary N) is 1. The maximum absolute atomic E-state index is 5.80. The SMILES string of the molecule is Nc1cncc(Br)c1OCc1ccc(Cl)cc1. The van der Waals surface area contributed by atoms with Gasteiger partial charge < -0.3 is 10.5 Å². The summed E-state index contributed by atoms with van der Waals surface area (Å²) in [5.74, 6) is 0.606. The van der Waals surface area contributed by atoms with Gasteiger partial charge in [-0.15, -0.1) is 0 Å². The van der Waals surface area contributed by atoms with E-state index in [-0.39, 0.29) is 0 Å². The van der Waals surface area contributed by atoms with Crippen molar-refractivity contribution in [1.82, 2.24) is 4.98 Å². The normalized spacial score (nSPS) is 10.2. The van der Waals surface area contributed by atoms with E-state index in [1.165, 1.54) is 0 Å². The molecule has 0 fully saturated rings. The molecule has 0 aliphatic rings. The molecule has 2 rings (SSSR count). The monoisotopic (exact) mass is 312 g/mol. The molecule has 0 unspecified atom stereocenters. The molecule has 1 aromatic heterocycles. The molecule has 0 saturated heterocycles. The van der Waals surface area contributed by atoms with Crippen LogP contribution >= 0.6 is 27.5 Å². The first-order valence-corrected chi connectivity index (χ1v) is 6.10. The molecule has 0 amide bonds. The van der Waals surface area contributed by atoms with Gasteiger partial charge in [-0.2, -0.15) is 0 Å². The zero-order valence-electron chi connectivity index (χ0n) is 8.86. The van der Waals surface area contributed by atoms with E-state index in [9.17, 15) is 0 Å². The van der Waals surface area contributed by atoms with Gasteiger partial charge in [0.25, 0.3) is 0 Å². The van der Waals surface area contributed by atoms with Gasteiger partial charge in [-0.3, -0.25) is 4.98 Å². The predicted molar refractivity (Wildman–Crippen MR) is 72.1 cm³/mol. The molecule has 3 nitrogen and oxygen atoms in total. The molecule has 1 heterocycles. The summed E-state index contributed by atoms with van der Waals surface area (Å²) in [7, 11) is 0. The lowest BCUT2D eigenvalue weighted by Gasteiger charge is -2.10. The number of ether oxygens (including phenoxy) is 1. The van der Waals surface area contributed by atoms with Crippen molar-refractivity contribution in [2.75, 3.05) is 5.73 Å². The standard InChI is InChI=1S/C12H10BrClN2O/c13-10-5-16-6-11(15)12(10)17-7-8-1-3-9(14)4-2-8/h1-6H,7,15H2. The highest BCUT2D eigenvalue weighted by Gasteiger charge is 2.06. The number of aromatic nitrogens is 1. The summed E-state index contributed by atoms with van der Waals surface area (Å²) < 4.78 is 6.38. The van der Waals surface area contributed by atoms with Crippen molar-refractivity contribution < 1.29 is 4.74 Å². The second-order valence-corrected chi connectivity index (χ2v) is 4.75. The van der Waals surface area contributed by atoms with E-state index in [4.69, 9.17) is 22.1 Å². The summed E-state index contributed by atoms with van der Waals surface area (Å²) in [6.45, 7) is 0.435. The Morgan fingerprint density at radius 1 is 1.24 bits per heavy atom. The number of rotatable bonds is 3. The van der Waals surface area contributed by atoms with Crippen molar-refractivity contribution in [3.8, 4) is 5.75 Å². The van der Waals surface area contributed by atoms with Crippen molar-refractivity contribution in [2.24, 2.45) is 0 Å². The lowest BCUT2D eigenvalue weighted by atomic mass is 10.2. The van der Waals surface area contributed by atoms with E-state index >= 15 is 0 Å². The van der Waals surface area contributed by atoms with E-state index in [1.807, 2.05) is 24.3 Å². The van der Waals surface area contributed by atoms with E-state index in [1.54, 1.807) is 12.4 Å². The highest BCUT2D eigenvalue weighted by molar-refractivity contribution is 9.10. The number of pyridine rings is 1. The van der Waals surface area contributed by atoms with Gasteiger partial charge in [0.15, 0.2) is 5.75 Å². The Morgan fingerprint density at radius 2 is 1.94 bits per heavy atom. The number of anilines is 1. The molecule has 0 bridgehead atoms. The molecular weight excluding hydrogens is 304 g/mol. The molecule has 0 radical (unpaired) electrons. The van der Waals surface area contributed by atoms with Crippen molar-refractivity contribution in [3.05, 3.63) is 51.7 Å². The van der Waals surface area contributed by atoms with Crippen LogP contribution in [0.1, 0.15) is 5.56 Å². The van der Waals surface area contributed by atoms with Crippen LogP contribution in [-0.2, 0) is 6.61 Å². The third-order valence-electron chi connectivity index (χ3n) is 2.18. The average molecular weight is 314 g/mol. The van der Waals surface area contributed by atoms with Crippen molar-refractivity contribution >= 4 is 33.2 Å². The number of nitrogens with zero attached hydrogens (tertiary/aromatic N) is 1. The first-order valence-electron chi connectivity index (χ1n) is 4.93. The van der Waals surface area contributed by atoms with Gasteiger partial charge in [-0.1, -0.05) is 23.7 Å². The zero-order chi connectivity index (χ0) is 12.3. The van der Waals surface area contributed by atoms with E-state index < -0.39 is 0 Å². The second-order valence-electron chi connectivity index (χ2n) is 3.45. The quantitative estimate of drug-likeness (QED) is 0.940. The Morgan fingerprint density at radius 3 is 2.59 bits per heavy atom. The third kappa shape index (κ3) is 3.11. The van der Waals surface area contributed by atoms with Crippen LogP contribution in [0.3, 0.4) is 0 Å². The number of hydrogen-bond donors (Lipinski definition) is 1. The summed E-state index contributed by atoms with van der Waals surface area (Å²) in [5, 5.41) is 0.707. The van der Waals surface area contributed by atoms with Crippen LogP contribution in [0, 0.1) is 0 Å². The van der Waals surface area contributed by atoms with Crippen LogP contribution < -0.4 is 10.5 Å². The summed E-state index contributed by atoms with van der Waals surface area (Å²) in [6, 6.07) is 7.47. The Kier molecular flexibility index (Phi) is 3.86. The van der Waals surface area contributed by atoms with Crippen LogP contribution in [0.25, 0.3) is 0 Å². The number of hydrogen-bond acceptors (Lipinski definition) is 3. The van der Waals surface area contributed by atoms with E-state index in [2.05, 4.69) is 20.9 Å². The van der Waals surface area contributed by atoms with Crippen LogP contribution in [0.2, 0.25) is 5.02 Å². The molecule has 0 spiro atoms. The second kappa shape index (κ2) is 5.38. The summed E-state index contributed by atoms with van der Waals surface area (Å²) in [4.78, 5) is 3.94. The maximum Gasteiger partial charge on any atom is 0.160 e. The van der Waals surface area contributed by atoms with Gasteiger partial charge in [-0.25, -0.2) is 0 Å². The smallest absolute Gasteiger partial charge is 0.160 e. The molecule has 0 aliphatic heterocycles. The Bertz CT molecular complexity index is 496. The molecule has 0 aliphatic carbocycles. The molecule has 88 valence electrons. The lowest BCUT2D eigenvalue weighted by molar-refractivity contribution is 0.305. The molecule has 2 N–H and O–H groups in total. The maximum atomic E-state index is 5.80. The molecule has 5 heteroatoms. The average Bonchev–Trinajstić information content (AvgIpc) is 2.31. The number of halogens is 2. The minimum Gasteiger partial charge on any atom is -0.485 e. The molecule has 2 aromatic rings. The number of nitrogen functional groups attached to an aromatic ring is 1. The largest absolute Gasteiger partial charge is 0.485 e. The fourth-order valence-electron chi connectivity index (χ4n) is 1.33. The van der Waals surface area contributed by atoms with Crippen molar-refractivity contribution in [2.45, 2.75) is 6.61 Å². The highest BCUT2D eigenvalue weighted by Crippen LogP contribution is 2.30. The van der Waals surface area contributed by atoms with Crippen molar-refractivity contribution in [1.29, 1.82) is 0 Å². The summed E-state index contributed by atoms with van der Waals surface area (Å²) >= 11 is 9.15. The summed E-state index contributed by atoms with van der Waals surface area (Å²) in [5.41, 5.74) is 7.30. The fraction of sp³-hybridized carbons (Fsp3) is 0.0833. The molecule has 0 saturated carbocycles. The Labute approximate surface area is 113 Å². The first kappa shape index (κ1) is 12.2. The highest BCUT2D eigenvalue weighted by atomic mass is 79.9. The van der Waals surface area contributed by atoms with Gasteiger partial charge >= 0.3 is 0 Å². The Balaban J connectivity index is 2.10. The van der Waals surface area contributed by atoms with Gasteiger partial charge in [-0.05, 0) is 33.6 Å². The van der Waals surface area contributed by atoms with E-state index in [0.717, 1.165) is 10.0 Å². The molecule has 1 aromatic carbocycles. The third-order valence-corrected chi connectivity index (χ3v) is 2.99. The van der Waals surface area contributed by atoms with Gasteiger partial charge in [0.2, 0.25) is 0 Å². The summed E-state index contributed by atoms with van der Waals surface area (Å²) in [6.07, 6.45) is 3.20. The van der Waals surface area contributed by atoms with Crippen molar-refractivity contribution in [3.63, 3.8) is 0 Å². The minimum absolute atomic E-state index is 0.435. The lowest BCUT2D eigenvalue weighted by Crippen LogP contribution is -2.00. The van der Waals surface area contributed by atoms with Gasteiger partial charge in [0.1, 0.15) is 6.61 Å². The predicted octanol–water partition coefficient (Wildman–Crippen LogP) is 3.66. The van der Waals surface area contributed by atoms with Gasteiger partial charge in [0, 0.05) is 11.2 Å². The Hall–Kier alpha value is -1.26. The zero-order valence-corrected chi connectivity index (χ0v) is 11.2. The van der Waals surface area contributed by atoms with E-state index in [0.29, 0.717) is 23.1 Å². The topological polar surface area (TPSA) is 48.1 Å².